The predicted octanol–water partition coefficient (Wildman–Crippen LogP) is 2.50. The maximum absolute atomic E-state index is 11.6. The van der Waals surface area contributed by atoms with Crippen LogP contribution in [-0.2, 0) is 16.3 Å². The van der Waals surface area contributed by atoms with E-state index in [9.17, 15) is 8.42 Å². The van der Waals surface area contributed by atoms with Crippen molar-refractivity contribution >= 4 is 21.2 Å². The van der Waals surface area contributed by atoms with Gasteiger partial charge in [0, 0.05) is 24.2 Å². The van der Waals surface area contributed by atoms with E-state index in [0.717, 1.165) is 31.6 Å². The molecule has 0 amide bonds. The van der Waals surface area contributed by atoms with Gasteiger partial charge in [0.1, 0.15) is 12.4 Å². The SMILES string of the molecule is CS(=O)(=O)c1cccc(OCCN2CCCc3c(N)cccc32)c1. The van der Waals surface area contributed by atoms with Gasteiger partial charge in [-0.05, 0) is 48.7 Å². The molecule has 0 bridgehead atoms. The Kier molecular flexibility index (Phi) is 4.66. The molecule has 1 aliphatic rings. The Labute approximate surface area is 143 Å². The average Bonchev–Trinajstić information content (AvgIpc) is 2.55. The summed E-state index contributed by atoms with van der Waals surface area (Å²) in [6, 6.07) is 12.6. The lowest BCUT2D eigenvalue weighted by Gasteiger charge is -2.31. The van der Waals surface area contributed by atoms with E-state index in [4.69, 9.17) is 10.5 Å². The highest BCUT2D eigenvalue weighted by atomic mass is 32.2. The molecule has 128 valence electrons. The van der Waals surface area contributed by atoms with Gasteiger partial charge in [0.2, 0.25) is 0 Å². The Morgan fingerprint density at radius 2 is 2.00 bits per heavy atom. The minimum absolute atomic E-state index is 0.274. The zero-order valence-corrected chi connectivity index (χ0v) is 14.6. The van der Waals surface area contributed by atoms with Crippen LogP contribution in [0.4, 0.5) is 11.4 Å². The van der Waals surface area contributed by atoms with Crippen molar-refractivity contribution in [2.24, 2.45) is 0 Å². The molecule has 0 atom stereocenters. The summed E-state index contributed by atoms with van der Waals surface area (Å²) >= 11 is 0. The maximum atomic E-state index is 11.6. The highest BCUT2D eigenvalue weighted by molar-refractivity contribution is 7.90. The third-order valence-electron chi connectivity index (χ3n) is 4.25. The minimum Gasteiger partial charge on any atom is -0.492 e. The largest absolute Gasteiger partial charge is 0.492 e. The first-order valence-electron chi connectivity index (χ1n) is 8.00. The number of sulfone groups is 1. The normalized spacial score (nSPS) is 14.3. The fraction of sp³-hybridized carbons (Fsp3) is 0.333. The zero-order valence-electron chi connectivity index (χ0n) is 13.7. The van der Waals surface area contributed by atoms with Gasteiger partial charge in [-0.2, -0.15) is 0 Å². The second kappa shape index (κ2) is 6.73. The van der Waals surface area contributed by atoms with Crippen molar-refractivity contribution in [3.8, 4) is 5.75 Å². The molecule has 5 nitrogen and oxygen atoms in total. The van der Waals surface area contributed by atoms with Crippen LogP contribution in [-0.4, -0.2) is 34.4 Å². The summed E-state index contributed by atoms with van der Waals surface area (Å²) in [4.78, 5) is 2.55. The van der Waals surface area contributed by atoms with Crippen LogP contribution in [0.15, 0.2) is 47.4 Å². The fourth-order valence-corrected chi connectivity index (χ4v) is 3.68. The Balaban J connectivity index is 1.65. The molecule has 0 radical (unpaired) electrons. The van der Waals surface area contributed by atoms with Crippen LogP contribution in [0.1, 0.15) is 12.0 Å². The molecule has 0 fully saturated rings. The first-order valence-corrected chi connectivity index (χ1v) is 9.89. The Hall–Kier alpha value is -2.21. The predicted molar refractivity (Wildman–Crippen MR) is 96.4 cm³/mol. The van der Waals surface area contributed by atoms with Crippen LogP contribution in [0.5, 0.6) is 5.75 Å². The van der Waals surface area contributed by atoms with Crippen LogP contribution in [0.25, 0.3) is 0 Å². The number of fused-ring (bicyclic) bond motifs is 1. The van der Waals surface area contributed by atoms with E-state index < -0.39 is 9.84 Å². The van der Waals surface area contributed by atoms with E-state index in [1.165, 1.54) is 17.5 Å². The first kappa shape index (κ1) is 16.6. The molecule has 0 aliphatic carbocycles. The molecule has 6 heteroatoms. The third kappa shape index (κ3) is 3.64. The van der Waals surface area contributed by atoms with Crippen LogP contribution in [0, 0.1) is 0 Å². The van der Waals surface area contributed by atoms with Crippen molar-refractivity contribution in [2.45, 2.75) is 17.7 Å². The van der Waals surface area contributed by atoms with Gasteiger partial charge < -0.3 is 15.4 Å². The minimum atomic E-state index is -3.22. The van der Waals surface area contributed by atoms with Gasteiger partial charge in [-0.15, -0.1) is 0 Å². The van der Waals surface area contributed by atoms with Crippen LogP contribution >= 0.6 is 0 Å². The molecule has 1 heterocycles. The van der Waals surface area contributed by atoms with E-state index in [1.807, 2.05) is 12.1 Å². The zero-order chi connectivity index (χ0) is 17.2. The standard InChI is InChI=1S/C18H22N2O3S/c1-24(21,22)15-6-2-5-14(13-15)23-12-11-20-10-4-7-16-17(19)8-3-9-18(16)20/h2-3,5-6,8-9,13H,4,7,10-12,19H2,1H3. The van der Waals surface area contributed by atoms with Gasteiger partial charge in [-0.1, -0.05) is 12.1 Å². The quantitative estimate of drug-likeness (QED) is 0.842. The molecule has 24 heavy (non-hydrogen) atoms. The topological polar surface area (TPSA) is 72.6 Å². The Morgan fingerprint density at radius 1 is 1.21 bits per heavy atom. The molecule has 3 rings (SSSR count). The van der Waals surface area contributed by atoms with Crippen molar-refractivity contribution in [1.82, 2.24) is 0 Å². The summed E-state index contributed by atoms with van der Waals surface area (Å²) in [6.07, 6.45) is 3.28. The summed E-state index contributed by atoms with van der Waals surface area (Å²) in [5, 5.41) is 0. The van der Waals surface area contributed by atoms with E-state index in [0.29, 0.717) is 12.4 Å². The second-order valence-electron chi connectivity index (χ2n) is 6.03. The highest BCUT2D eigenvalue weighted by Crippen LogP contribution is 2.31. The molecule has 0 aromatic heterocycles. The first-order chi connectivity index (χ1) is 11.4. The van der Waals surface area contributed by atoms with Crippen molar-refractivity contribution in [1.29, 1.82) is 0 Å². The number of rotatable bonds is 5. The summed E-state index contributed by atoms with van der Waals surface area (Å²) < 4.78 is 29.0. The van der Waals surface area contributed by atoms with Gasteiger partial charge in [0.05, 0.1) is 11.4 Å². The molecule has 0 saturated heterocycles. The second-order valence-corrected chi connectivity index (χ2v) is 8.05. The van der Waals surface area contributed by atoms with Crippen molar-refractivity contribution < 1.29 is 13.2 Å². The summed E-state index contributed by atoms with van der Waals surface area (Å²) in [5.74, 6) is 0.572. The average molecular weight is 346 g/mol. The fourth-order valence-electron chi connectivity index (χ4n) is 3.03. The lowest BCUT2D eigenvalue weighted by molar-refractivity contribution is 0.322. The van der Waals surface area contributed by atoms with Gasteiger partial charge in [-0.3, -0.25) is 0 Å². The van der Waals surface area contributed by atoms with Crippen molar-refractivity contribution in [3.05, 3.63) is 48.0 Å². The lowest BCUT2D eigenvalue weighted by atomic mass is 10.00. The number of benzene rings is 2. The summed E-state index contributed by atoms with van der Waals surface area (Å²) in [6.45, 7) is 2.20. The highest BCUT2D eigenvalue weighted by Gasteiger charge is 2.18. The molecule has 0 saturated carbocycles. The molecule has 0 spiro atoms. The van der Waals surface area contributed by atoms with Crippen LogP contribution < -0.4 is 15.4 Å². The molecular weight excluding hydrogens is 324 g/mol. The summed E-state index contributed by atoms with van der Waals surface area (Å²) in [7, 11) is -3.22. The Morgan fingerprint density at radius 3 is 2.79 bits per heavy atom. The van der Waals surface area contributed by atoms with Crippen LogP contribution in [0.2, 0.25) is 0 Å². The van der Waals surface area contributed by atoms with Gasteiger partial charge in [0.25, 0.3) is 0 Å². The molecule has 2 aromatic rings. The van der Waals surface area contributed by atoms with E-state index in [1.54, 1.807) is 24.3 Å². The molecule has 0 unspecified atom stereocenters. The van der Waals surface area contributed by atoms with Crippen molar-refractivity contribution in [2.75, 3.05) is 36.6 Å². The van der Waals surface area contributed by atoms with Gasteiger partial charge in [-0.25, -0.2) is 8.42 Å². The van der Waals surface area contributed by atoms with Crippen LogP contribution in [0.3, 0.4) is 0 Å². The number of ether oxygens (including phenoxy) is 1. The number of hydrogen-bond acceptors (Lipinski definition) is 5. The smallest absolute Gasteiger partial charge is 0.175 e. The molecule has 2 N–H and O–H groups in total. The lowest BCUT2D eigenvalue weighted by Crippen LogP contribution is -2.33. The third-order valence-corrected chi connectivity index (χ3v) is 5.36. The van der Waals surface area contributed by atoms with E-state index in [-0.39, 0.29) is 4.90 Å². The van der Waals surface area contributed by atoms with E-state index in [2.05, 4.69) is 11.0 Å². The molecule has 2 aromatic carbocycles. The number of nitrogens with two attached hydrogens (primary N) is 1. The number of nitrogens with zero attached hydrogens (tertiary/aromatic N) is 1. The summed E-state index contributed by atoms with van der Waals surface area (Å²) in [5.41, 5.74) is 9.30. The van der Waals surface area contributed by atoms with E-state index >= 15 is 0 Å². The van der Waals surface area contributed by atoms with Gasteiger partial charge >= 0.3 is 0 Å². The number of hydrogen-bond donors (Lipinski definition) is 1. The Bertz CT molecular complexity index is 834. The van der Waals surface area contributed by atoms with Gasteiger partial charge in [0.15, 0.2) is 9.84 Å². The van der Waals surface area contributed by atoms with Crippen molar-refractivity contribution in [3.63, 3.8) is 0 Å². The molecular formula is C18H22N2O3S. The number of anilines is 2. The monoisotopic (exact) mass is 346 g/mol. The number of nitrogen functional groups attached to an aromatic ring is 1. The maximum Gasteiger partial charge on any atom is 0.175 e. The molecule has 1 aliphatic heterocycles.